The summed E-state index contributed by atoms with van der Waals surface area (Å²) < 4.78 is 6.43. The average Bonchev–Trinajstić information content (AvgIpc) is 2.90. The summed E-state index contributed by atoms with van der Waals surface area (Å²) >= 11 is 0. The Morgan fingerprint density at radius 2 is 2.20 bits per heavy atom. The summed E-state index contributed by atoms with van der Waals surface area (Å²) in [6.45, 7) is 12.2. The van der Waals surface area contributed by atoms with Crippen LogP contribution in [0.15, 0.2) is 42.7 Å². The molecule has 0 saturated heterocycles. The van der Waals surface area contributed by atoms with Gasteiger partial charge in [0.05, 0.1) is 19.3 Å². The fraction of sp³-hybridized carbons (Fsp3) is 0.400. The van der Waals surface area contributed by atoms with Crippen LogP contribution in [0.5, 0.6) is 0 Å². The standard InChI is InChI=1S/C13H17N3O2.C2H6/c1-4-7-11(8-5-2)9-16-10-12(14-15-16)13(17)18-6-3;1-2/h4-5,7-8,10H,1,6,9H2,2-3H3;1-2H3/b8-5-,11-7+;. The summed E-state index contributed by atoms with van der Waals surface area (Å²) in [7, 11) is 0. The fourth-order valence-electron chi connectivity index (χ4n) is 1.39. The number of hydrogen-bond donors (Lipinski definition) is 0. The minimum Gasteiger partial charge on any atom is -0.461 e. The van der Waals surface area contributed by atoms with Gasteiger partial charge in [0.25, 0.3) is 0 Å². The Balaban J connectivity index is 0.00000172. The summed E-state index contributed by atoms with van der Waals surface area (Å²) in [6, 6.07) is 0. The Kier molecular flexibility index (Phi) is 9.56. The maximum Gasteiger partial charge on any atom is 0.360 e. The molecule has 0 aromatic carbocycles. The van der Waals surface area contributed by atoms with Crippen LogP contribution in [0.4, 0.5) is 0 Å². The molecular formula is C15H23N3O2. The van der Waals surface area contributed by atoms with E-state index in [0.29, 0.717) is 13.2 Å². The predicted octanol–water partition coefficient (Wildman–Crippen LogP) is 3.17. The van der Waals surface area contributed by atoms with E-state index in [2.05, 4.69) is 16.9 Å². The quantitative estimate of drug-likeness (QED) is 0.592. The summed E-state index contributed by atoms with van der Waals surface area (Å²) in [5.74, 6) is -0.455. The highest BCUT2D eigenvalue weighted by Gasteiger charge is 2.11. The third kappa shape index (κ3) is 6.13. The van der Waals surface area contributed by atoms with Gasteiger partial charge in [0.15, 0.2) is 5.69 Å². The highest BCUT2D eigenvalue weighted by atomic mass is 16.5. The fourth-order valence-corrected chi connectivity index (χ4v) is 1.39. The van der Waals surface area contributed by atoms with Crippen LogP contribution in [-0.2, 0) is 11.3 Å². The summed E-state index contributed by atoms with van der Waals surface area (Å²) in [5, 5.41) is 7.65. The van der Waals surface area contributed by atoms with E-state index in [1.54, 1.807) is 23.9 Å². The molecule has 1 aromatic heterocycles. The van der Waals surface area contributed by atoms with Crippen LogP contribution in [0.3, 0.4) is 0 Å². The van der Waals surface area contributed by atoms with Crippen LogP contribution in [0.2, 0.25) is 0 Å². The van der Waals surface area contributed by atoms with E-state index >= 15 is 0 Å². The number of esters is 1. The largest absolute Gasteiger partial charge is 0.461 e. The Hall–Kier alpha value is -2.17. The molecule has 5 nitrogen and oxygen atoms in total. The lowest BCUT2D eigenvalue weighted by Gasteiger charge is -2.00. The van der Waals surface area contributed by atoms with Crippen LogP contribution >= 0.6 is 0 Å². The summed E-state index contributed by atoms with van der Waals surface area (Å²) in [5.41, 5.74) is 1.24. The first kappa shape index (κ1) is 17.8. The number of carbonyl (C=O) groups is 1. The molecule has 0 N–H and O–H groups in total. The second kappa shape index (κ2) is 10.7. The van der Waals surface area contributed by atoms with E-state index in [4.69, 9.17) is 4.74 Å². The first-order chi connectivity index (χ1) is 9.71. The van der Waals surface area contributed by atoms with E-state index in [0.717, 1.165) is 5.57 Å². The SMILES string of the molecule is C=C/C=C(\C=C/C)Cn1cc(C(=O)OCC)nn1.CC. The number of ether oxygens (including phenoxy) is 1. The zero-order chi connectivity index (χ0) is 15.4. The molecule has 0 aliphatic rings. The molecule has 0 radical (unpaired) electrons. The average molecular weight is 277 g/mol. The van der Waals surface area contributed by atoms with Crippen molar-refractivity contribution in [2.45, 2.75) is 34.2 Å². The third-order valence-electron chi connectivity index (χ3n) is 2.08. The molecule has 0 aliphatic carbocycles. The first-order valence-electron chi connectivity index (χ1n) is 6.72. The van der Waals surface area contributed by atoms with Crippen molar-refractivity contribution in [3.8, 4) is 0 Å². The highest BCUT2D eigenvalue weighted by Crippen LogP contribution is 2.04. The van der Waals surface area contributed by atoms with E-state index in [-0.39, 0.29) is 5.69 Å². The molecule has 20 heavy (non-hydrogen) atoms. The van der Waals surface area contributed by atoms with Crippen molar-refractivity contribution in [3.05, 3.63) is 48.3 Å². The van der Waals surface area contributed by atoms with Gasteiger partial charge in [0, 0.05) is 0 Å². The minimum atomic E-state index is -0.455. The van der Waals surface area contributed by atoms with Gasteiger partial charge in [0.1, 0.15) is 0 Å². The van der Waals surface area contributed by atoms with Gasteiger partial charge >= 0.3 is 5.97 Å². The zero-order valence-corrected chi connectivity index (χ0v) is 12.7. The van der Waals surface area contributed by atoms with Crippen molar-refractivity contribution in [2.24, 2.45) is 0 Å². The van der Waals surface area contributed by atoms with E-state index in [9.17, 15) is 4.79 Å². The van der Waals surface area contributed by atoms with Crippen LogP contribution < -0.4 is 0 Å². The number of aromatic nitrogens is 3. The maximum atomic E-state index is 11.4. The lowest BCUT2D eigenvalue weighted by molar-refractivity contribution is 0.0519. The van der Waals surface area contributed by atoms with Gasteiger partial charge in [-0.3, -0.25) is 0 Å². The molecule has 0 unspecified atom stereocenters. The van der Waals surface area contributed by atoms with Crippen molar-refractivity contribution in [1.29, 1.82) is 0 Å². The summed E-state index contributed by atoms with van der Waals surface area (Å²) in [4.78, 5) is 11.4. The molecule has 0 saturated carbocycles. The lowest BCUT2D eigenvalue weighted by Crippen LogP contribution is -2.05. The molecule has 0 fully saturated rings. The lowest BCUT2D eigenvalue weighted by atomic mass is 10.2. The molecule has 1 aromatic rings. The monoisotopic (exact) mass is 277 g/mol. The molecule has 0 amide bonds. The number of carbonyl (C=O) groups excluding carboxylic acids is 1. The second-order valence-electron chi connectivity index (χ2n) is 3.50. The predicted molar refractivity (Wildman–Crippen MR) is 80.4 cm³/mol. The third-order valence-corrected chi connectivity index (χ3v) is 2.08. The molecular weight excluding hydrogens is 254 g/mol. The van der Waals surface area contributed by atoms with E-state index in [1.165, 1.54) is 0 Å². The molecule has 1 rings (SSSR count). The van der Waals surface area contributed by atoms with Gasteiger partial charge in [0.2, 0.25) is 0 Å². The Morgan fingerprint density at radius 3 is 2.75 bits per heavy atom. The number of rotatable bonds is 6. The van der Waals surface area contributed by atoms with Gasteiger partial charge in [-0.2, -0.15) is 0 Å². The topological polar surface area (TPSA) is 57.0 Å². The van der Waals surface area contributed by atoms with Crippen LogP contribution in [0.1, 0.15) is 38.2 Å². The van der Waals surface area contributed by atoms with E-state index in [1.807, 2.05) is 39.0 Å². The Labute approximate surface area is 120 Å². The van der Waals surface area contributed by atoms with Gasteiger partial charge < -0.3 is 4.74 Å². The normalized spacial score (nSPS) is 10.9. The summed E-state index contributed by atoms with van der Waals surface area (Å²) in [6.07, 6.45) is 9.04. The number of hydrogen-bond acceptors (Lipinski definition) is 4. The smallest absolute Gasteiger partial charge is 0.360 e. The van der Waals surface area contributed by atoms with Crippen LogP contribution in [0.25, 0.3) is 0 Å². The Bertz CT molecular complexity index is 473. The number of nitrogens with zero attached hydrogens (tertiary/aromatic N) is 3. The van der Waals surface area contributed by atoms with Crippen molar-refractivity contribution >= 4 is 5.97 Å². The molecule has 5 heteroatoms. The highest BCUT2D eigenvalue weighted by molar-refractivity contribution is 5.86. The first-order valence-corrected chi connectivity index (χ1v) is 6.72. The second-order valence-corrected chi connectivity index (χ2v) is 3.50. The molecule has 0 spiro atoms. The minimum absolute atomic E-state index is 0.218. The van der Waals surface area contributed by atoms with Gasteiger partial charge in [-0.05, 0) is 19.4 Å². The van der Waals surface area contributed by atoms with Crippen molar-refractivity contribution < 1.29 is 9.53 Å². The van der Waals surface area contributed by atoms with Crippen LogP contribution in [-0.4, -0.2) is 27.6 Å². The molecule has 0 bridgehead atoms. The zero-order valence-electron chi connectivity index (χ0n) is 12.7. The van der Waals surface area contributed by atoms with Gasteiger partial charge in [-0.25, -0.2) is 9.48 Å². The van der Waals surface area contributed by atoms with Crippen molar-refractivity contribution in [1.82, 2.24) is 15.0 Å². The van der Waals surface area contributed by atoms with Crippen LogP contribution in [0, 0.1) is 0 Å². The van der Waals surface area contributed by atoms with Crippen molar-refractivity contribution in [3.63, 3.8) is 0 Å². The Morgan fingerprint density at radius 1 is 1.50 bits per heavy atom. The molecule has 110 valence electrons. The molecule has 1 heterocycles. The van der Waals surface area contributed by atoms with Gasteiger partial charge in [-0.1, -0.05) is 49.9 Å². The maximum absolute atomic E-state index is 11.4. The number of allylic oxidation sites excluding steroid dienone is 5. The molecule has 0 aliphatic heterocycles. The van der Waals surface area contributed by atoms with E-state index < -0.39 is 5.97 Å². The van der Waals surface area contributed by atoms with Gasteiger partial charge in [-0.15, -0.1) is 5.10 Å². The molecule has 0 atom stereocenters. The van der Waals surface area contributed by atoms with Crippen molar-refractivity contribution in [2.75, 3.05) is 6.61 Å².